The van der Waals surface area contributed by atoms with Crippen molar-refractivity contribution in [3.05, 3.63) is 54.4 Å². The third-order valence-electron chi connectivity index (χ3n) is 5.58. The molecule has 0 spiro atoms. The minimum atomic E-state index is 0.120. The number of anilines is 1. The van der Waals surface area contributed by atoms with Gasteiger partial charge in [0.2, 0.25) is 5.91 Å². The monoisotopic (exact) mass is 379 g/mol. The van der Waals surface area contributed by atoms with Crippen molar-refractivity contribution < 1.29 is 13.9 Å². The Morgan fingerprint density at radius 1 is 1.29 bits per heavy atom. The first-order valence-corrected chi connectivity index (χ1v) is 9.61. The lowest BCUT2D eigenvalue weighted by Crippen LogP contribution is -2.46. The predicted octanol–water partition coefficient (Wildman–Crippen LogP) is 3.51. The van der Waals surface area contributed by atoms with Crippen LogP contribution in [-0.2, 0) is 11.2 Å². The van der Waals surface area contributed by atoms with Gasteiger partial charge in [-0.05, 0) is 37.1 Å². The van der Waals surface area contributed by atoms with Crippen LogP contribution in [0, 0.1) is 0 Å². The quantitative estimate of drug-likeness (QED) is 0.679. The number of furan rings is 1. The van der Waals surface area contributed by atoms with Gasteiger partial charge in [0.1, 0.15) is 17.2 Å². The molecule has 6 heteroatoms. The normalized spacial score (nSPS) is 15.0. The van der Waals surface area contributed by atoms with Crippen LogP contribution in [0.1, 0.15) is 18.4 Å². The van der Waals surface area contributed by atoms with Crippen LogP contribution in [0.4, 0.5) is 5.82 Å². The summed E-state index contributed by atoms with van der Waals surface area (Å²) in [6.07, 6.45) is 5.74. The molecule has 6 nitrogen and oxygen atoms in total. The highest BCUT2D eigenvalue weighted by atomic mass is 16.5. The van der Waals surface area contributed by atoms with Gasteiger partial charge in [-0.25, -0.2) is 4.98 Å². The van der Waals surface area contributed by atoms with Crippen LogP contribution >= 0.6 is 0 Å². The van der Waals surface area contributed by atoms with Gasteiger partial charge in [-0.3, -0.25) is 4.79 Å². The Labute approximate surface area is 164 Å². The van der Waals surface area contributed by atoms with Crippen LogP contribution in [-0.4, -0.2) is 49.1 Å². The number of amides is 1. The molecule has 1 saturated heterocycles. The smallest absolute Gasteiger partial charge is 0.227 e. The van der Waals surface area contributed by atoms with Gasteiger partial charge < -0.3 is 19.0 Å². The molecule has 0 saturated carbocycles. The second-order valence-corrected chi connectivity index (χ2v) is 7.21. The molecule has 1 aliphatic rings. The van der Waals surface area contributed by atoms with E-state index in [-0.39, 0.29) is 11.9 Å². The molecule has 3 heterocycles. The largest absolute Gasteiger partial charge is 0.497 e. The lowest BCUT2D eigenvalue weighted by Gasteiger charge is -2.37. The molecule has 28 heavy (non-hydrogen) atoms. The van der Waals surface area contributed by atoms with Crippen LogP contribution in [0.5, 0.6) is 5.75 Å². The topological polar surface area (TPSA) is 58.8 Å². The maximum Gasteiger partial charge on any atom is 0.227 e. The van der Waals surface area contributed by atoms with Crippen molar-refractivity contribution in [1.29, 1.82) is 0 Å². The minimum absolute atomic E-state index is 0.120. The summed E-state index contributed by atoms with van der Waals surface area (Å²) in [6.45, 7) is 1.82. The van der Waals surface area contributed by atoms with Crippen LogP contribution in [0.25, 0.3) is 11.0 Å². The van der Waals surface area contributed by atoms with Gasteiger partial charge in [-0.15, -0.1) is 0 Å². The van der Waals surface area contributed by atoms with Gasteiger partial charge >= 0.3 is 0 Å². The van der Waals surface area contributed by atoms with E-state index in [0.717, 1.165) is 54.0 Å². The van der Waals surface area contributed by atoms with E-state index in [1.54, 1.807) is 13.4 Å². The van der Waals surface area contributed by atoms with E-state index < -0.39 is 0 Å². The molecule has 3 aromatic rings. The summed E-state index contributed by atoms with van der Waals surface area (Å²) in [5.41, 5.74) is 1.66. The molecule has 1 aliphatic heterocycles. The highest BCUT2D eigenvalue weighted by molar-refractivity contribution is 5.88. The SMILES string of the molecule is COc1ccc2c(CC(=O)N(C)C3CCN(c4ccccn4)CC3)coc2c1. The molecule has 0 atom stereocenters. The van der Waals surface area contributed by atoms with E-state index in [9.17, 15) is 4.79 Å². The zero-order chi connectivity index (χ0) is 19.5. The first-order chi connectivity index (χ1) is 13.7. The maximum atomic E-state index is 12.9. The van der Waals surface area contributed by atoms with Gasteiger partial charge in [-0.1, -0.05) is 6.07 Å². The Balaban J connectivity index is 1.38. The Kier molecular flexibility index (Phi) is 5.19. The van der Waals surface area contributed by atoms with Gasteiger partial charge in [0.15, 0.2) is 0 Å². The number of rotatable bonds is 5. The number of hydrogen-bond donors (Lipinski definition) is 0. The third kappa shape index (κ3) is 3.67. The molecule has 4 rings (SSSR count). The van der Waals surface area contributed by atoms with E-state index in [0.29, 0.717) is 6.42 Å². The molecule has 0 unspecified atom stereocenters. The molecule has 0 bridgehead atoms. The summed E-state index contributed by atoms with van der Waals surface area (Å²) in [5, 5.41) is 0.965. The molecule has 1 amide bonds. The number of pyridine rings is 1. The fraction of sp³-hybridized carbons (Fsp3) is 0.364. The summed E-state index contributed by atoms with van der Waals surface area (Å²) in [7, 11) is 3.54. The van der Waals surface area contributed by atoms with E-state index in [2.05, 4.69) is 9.88 Å². The maximum absolute atomic E-state index is 12.9. The zero-order valence-electron chi connectivity index (χ0n) is 16.3. The van der Waals surface area contributed by atoms with Crippen molar-refractivity contribution in [3.8, 4) is 5.75 Å². The zero-order valence-corrected chi connectivity index (χ0v) is 16.3. The lowest BCUT2D eigenvalue weighted by atomic mass is 10.0. The van der Waals surface area contributed by atoms with Crippen LogP contribution in [0.2, 0.25) is 0 Å². The summed E-state index contributed by atoms with van der Waals surface area (Å²) in [4.78, 5) is 21.5. The standard InChI is InChI=1S/C22H25N3O3/c1-24(17-8-11-25(12-9-17)21-5-3-4-10-23-21)22(26)13-16-15-28-20-14-18(27-2)6-7-19(16)20/h3-7,10,14-15,17H,8-9,11-13H2,1-2H3. The van der Waals surface area contributed by atoms with E-state index in [4.69, 9.17) is 9.15 Å². The number of benzene rings is 1. The number of piperidine rings is 1. The van der Waals surface area contributed by atoms with E-state index in [1.807, 2.05) is 54.5 Å². The van der Waals surface area contributed by atoms with Crippen molar-refractivity contribution >= 4 is 22.7 Å². The van der Waals surface area contributed by atoms with Crippen molar-refractivity contribution in [2.45, 2.75) is 25.3 Å². The van der Waals surface area contributed by atoms with Crippen molar-refractivity contribution in [2.24, 2.45) is 0 Å². The molecule has 146 valence electrons. The van der Waals surface area contributed by atoms with Gasteiger partial charge in [0, 0.05) is 49.4 Å². The number of carbonyl (C=O) groups excluding carboxylic acids is 1. The predicted molar refractivity (Wildman–Crippen MR) is 109 cm³/mol. The van der Waals surface area contributed by atoms with Crippen LogP contribution < -0.4 is 9.64 Å². The highest BCUT2D eigenvalue weighted by Crippen LogP contribution is 2.27. The summed E-state index contributed by atoms with van der Waals surface area (Å²) < 4.78 is 10.8. The number of hydrogen-bond acceptors (Lipinski definition) is 5. The van der Waals surface area contributed by atoms with Gasteiger partial charge in [0.05, 0.1) is 19.8 Å². The fourth-order valence-electron chi connectivity index (χ4n) is 3.84. The van der Waals surface area contributed by atoms with Gasteiger partial charge in [-0.2, -0.15) is 0 Å². The molecule has 0 radical (unpaired) electrons. The average Bonchev–Trinajstić information content (AvgIpc) is 3.15. The molecular weight excluding hydrogens is 354 g/mol. The average molecular weight is 379 g/mol. The molecule has 2 aromatic heterocycles. The fourth-order valence-corrected chi connectivity index (χ4v) is 3.84. The first-order valence-electron chi connectivity index (χ1n) is 9.61. The Hall–Kier alpha value is -3.02. The minimum Gasteiger partial charge on any atom is -0.497 e. The molecule has 1 aromatic carbocycles. The Morgan fingerprint density at radius 2 is 2.11 bits per heavy atom. The molecule has 0 N–H and O–H groups in total. The van der Waals surface area contributed by atoms with Crippen molar-refractivity contribution in [1.82, 2.24) is 9.88 Å². The molecule has 0 aliphatic carbocycles. The Morgan fingerprint density at radius 3 is 2.82 bits per heavy atom. The lowest BCUT2D eigenvalue weighted by molar-refractivity contribution is -0.131. The molecule has 1 fully saturated rings. The number of aromatic nitrogens is 1. The second-order valence-electron chi connectivity index (χ2n) is 7.21. The number of fused-ring (bicyclic) bond motifs is 1. The number of likely N-dealkylation sites (N-methyl/N-ethyl adjacent to an activating group) is 1. The Bertz CT molecular complexity index is 946. The summed E-state index contributed by atoms with van der Waals surface area (Å²) in [6, 6.07) is 11.9. The van der Waals surface area contributed by atoms with Crippen molar-refractivity contribution in [3.63, 3.8) is 0 Å². The highest BCUT2D eigenvalue weighted by Gasteiger charge is 2.26. The van der Waals surface area contributed by atoms with Gasteiger partial charge in [0.25, 0.3) is 0 Å². The second kappa shape index (κ2) is 7.92. The summed E-state index contributed by atoms with van der Waals surface area (Å²) in [5.74, 6) is 1.88. The van der Waals surface area contributed by atoms with E-state index >= 15 is 0 Å². The van der Waals surface area contributed by atoms with E-state index in [1.165, 1.54) is 0 Å². The van der Waals surface area contributed by atoms with Crippen LogP contribution in [0.15, 0.2) is 53.3 Å². The van der Waals surface area contributed by atoms with Crippen molar-refractivity contribution in [2.75, 3.05) is 32.1 Å². The first kappa shape index (κ1) is 18.3. The molecular formula is C22H25N3O3. The number of ether oxygens (including phenoxy) is 1. The number of methoxy groups -OCH3 is 1. The number of carbonyl (C=O) groups is 1. The summed E-state index contributed by atoms with van der Waals surface area (Å²) >= 11 is 0. The van der Waals surface area contributed by atoms with Crippen LogP contribution in [0.3, 0.4) is 0 Å². The number of nitrogens with zero attached hydrogens (tertiary/aromatic N) is 3. The third-order valence-corrected chi connectivity index (χ3v) is 5.58.